The van der Waals surface area contributed by atoms with Crippen molar-refractivity contribution in [3.8, 4) is 11.8 Å². The topological polar surface area (TPSA) is 59.0 Å². The summed E-state index contributed by atoms with van der Waals surface area (Å²) >= 11 is 0. The quantitative estimate of drug-likeness (QED) is 0.906. The number of nitriles is 1. The van der Waals surface area contributed by atoms with E-state index in [4.69, 9.17) is 10.5 Å². The second kappa shape index (κ2) is 5.52. The van der Waals surface area contributed by atoms with Crippen molar-refractivity contribution in [1.82, 2.24) is 0 Å². The Morgan fingerprint density at radius 3 is 2.65 bits per heavy atom. The summed E-state index contributed by atoms with van der Waals surface area (Å²) in [7, 11) is 0. The Kier molecular flexibility index (Phi) is 3.58. The number of nitrogens with zero attached hydrogens (tertiary/aromatic N) is 1. The van der Waals surface area contributed by atoms with E-state index < -0.39 is 0 Å². The molecule has 2 atom stereocenters. The summed E-state index contributed by atoms with van der Waals surface area (Å²) in [6.45, 7) is 0. The molecule has 0 heterocycles. The van der Waals surface area contributed by atoms with Gasteiger partial charge in [-0.2, -0.15) is 5.26 Å². The highest BCUT2D eigenvalue weighted by Crippen LogP contribution is 2.31. The first kappa shape index (κ1) is 13.0. The van der Waals surface area contributed by atoms with E-state index >= 15 is 0 Å². The first-order valence-electron chi connectivity index (χ1n) is 7.12. The van der Waals surface area contributed by atoms with Crippen LogP contribution in [-0.4, -0.2) is 12.1 Å². The lowest BCUT2D eigenvalue weighted by molar-refractivity contribution is 0.146. The van der Waals surface area contributed by atoms with Crippen LogP contribution in [0.25, 0.3) is 10.8 Å². The third kappa shape index (κ3) is 2.48. The monoisotopic (exact) mass is 266 g/mol. The fourth-order valence-electron chi connectivity index (χ4n) is 2.94. The number of hydrogen-bond acceptors (Lipinski definition) is 3. The molecule has 20 heavy (non-hydrogen) atoms. The Morgan fingerprint density at radius 2 is 1.90 bits per heavy atom. The van der Waals surface area contributed by atoms with Gasteiger partial charge in [0.05, 0.1) is 11.6 Å². The van der Waals surface area contributed by atoms with E-state index in [1.165, 1.54) is 0 Å². The molecule has 2 aromatic carbocycles. The van der Waals surface area contributed by atoms with Crippen molar-refractivity contribution in [3.05, 3.63) is 42.0 Å². The number of hydrogen-bond donors (Lipinski definition) is 1. The first-order chi connectivity index (χ1) is 9.78. The summed E-state index contributed by atoms with van der Waals surface area (Å²) in [5.74, 6) is 0.860. The second-order valence-electron chi connectivity index (χ2n) is 5.44. The molecule has 3 nitrogen and oxygen atoms in total. The predicted octanol–water partition coefficient (Wildman–Crippen LogP) is 3.36. The van der Waals surface area contributed by atoms with Crippen molar-refractivity contribution in [2.24, 2.45) is 5.73 Å². The smallest absolute Gasteiger partial charge is 0.127 e. The average Bonchev–Trinajstić information content (AvgIpc) is 2.48. The maximum atomic E-state index is 9.18. The molecule has 102 valence electrons. The standard InChI is InChI=1S/C17H18N2O/c18-11-12-8-9-17(16-7-2-1-6-15(12)16)20-14-5-3-4-13(19)10-14/h1-2,6-9,13-14H,3-5,10,19H2. The molecule has 2 unspecified atom stereocenters. The van der Waals surface area contributed by atoms with Crippen molar-refractivity contribution in [2.45, 2.75) is 37.8 Å². The number of benzene rings is 2. The Labute approximate surface area is 119 Å². The number of ether oxygens (including phenoxy) is 1. The van der Waals surface area contributed by atoms with E-state index in [9.17, 15) is 5.26 Å². The van der Waals surface area contributed by atoms with Gasteiger partial charge in [-0.15, -0.1) is 0 Å². The minimum absolute atomic E-state index is 0.190. The maximum absolute atomic E-state index is 9.18. The van der Waals surface area contributed by atoms with E-state index in [-0.39, 0.29) is 12.1 Å². The van der Waals surface area contributed by atoms with Crippen LogP contribution in [-0.2, 0) is 0 Å². The molecular weight excluding hydrogens is 248 g/mol. The average molecular weight is 266 g/mol. The normalized spacial score (nSPS) is 22.4. The van der Waals surface area contributed by atoms with Gasteiger partial charge in [-0.05, 0) is 37.8 Å². The van der Waals surface area contributed by atoms with Gasteiger partial charge in [0.1, 0.15) is 11.9 Å². The fourth-order valence-corrected chi connectivity index (χ4v) is 2.94. The lowest BCUT2D eigenvalue weighted by Gasteiger charge is -2.27. The van der Waals surface area contributed by atoms with Crippen LogP contribution >= 0.6 is 0 Å². The van der Waals surface area contributed by atoms with E-state index in [1.54, 1.807) is 0 Å². The molecule has 0 aromatic heterocycles. The maximum Gasteiger partial charge on any atom is 0.127 e. The molecular formula is C17H18N2O. The summed E-state index contributed by atoms with van der Waals surface area (Å²) in [6, 6.07) is 14.1. The number of fused-ring (bicyclic) bond motifs is 1. The van der Waals surface area contributed by atoms with Crippen molar-refractivity contribution < 1.29 is 4.74 Å². The minimum Gasteiger partial charge on any atom is -0.490 e. The Hall–Kier alpha value is -2.05. The van der Waals surface area contributed by atoms with Crippen LogP contribution in [0.4, 0.5) is 0 Å². The van der Waals surface area contributed by atoms with E-state index in [2.05, 4.69) is 6.07 Å². The summed E-state index contributed by atoms with van der Waals surface area (Å²) in [5.41, 5.74) is 6.70. The van der Waals surface area contributed by atoms with Crippen molar-refractivity contribution in [2.75, 3.05) is 0 Å². The van der Waals surface area contributed by atoms with Gasteiger partial charge in [0.2, 0.25) is 0 Å². The highest BCUT2D eigenvalue weighted by atomic mass is 16.5. The lowest BCUT2D eigenvalue weighted by atomic mass is 9.93. The van der Waals surface area contributed by atoms with Gasteiger partial charge in [0.15, 0.2) is 0 Å². The van der Waals surface area contributed by atoms with Gasteiger partial charge in [-0.1, -0.05) is 24.3 Å². The van der Waals surface area contributed by atoms with E-state index in [0.29, 0.717) is 5.56 Å². The lowest BCUT2D eigenvalue weighted by Crippen LogP contribution is -2.33. The fraction of sp³-hybridized carbons (Fsp3) is 0.353. The summed E-state index contributed by atoms with van der Waals surface area (Å²) in [4.78, 5) is 0. The van der Waals surface area contributed by atoms with Gasteiger partial charge in [-0.3, -0.25) is 0 Å². The van der Waals surface area contributed by atoms with Crippen LogP contribution in [0.2, 0.25) is 0 Å². The summed E-state index contributed by atoms with van der Waals surface area (Å²) < 4.78 is 6.15. The Balaban J connectivity index is 1.94. The van der Waals surface area contributed by atoms with Crippen molar-refractivity contribution >= 4 is 10.8 Å². The molecule has 0 spiro atoms. The summed E-state index contributed by atoms with van der Waals surface area (Å²) in [5, 5.41) is 11.1. The molecule has 0 radical (unpaired) electrons. The SMILES string of the molecule is N#Cc1ccc(OC2CCCC(N)C2)c2ccccc12. The zero-order valence-electron chi connectivity index (χ0n) is 11.4. The molecule has 1 fully saturated rings. The molecule has 0 saturated heterocycles. The molecule has 3 heteroatoms. The van der Waals surface area contributed by atoms with Gasteiger partial charge in [0, 0.05) is 16.8 Å². The van der Waals surface area contributed by atoms with Crippen LogP contribution in [0.15, 0.2) is 36.4 Å². The highest BCUT2D eigenvalue weighted by molar-refractivity contribution is 5.92. The first-order valence-corrected chi connectivity index (χ1v) is 7.12. The third-order valence-corrected chi connectivity index (χ3v) is 3.96. The van der Waals surface area contributed by atoms with Gasteiger partial charge in [0.25, 0.3) is 0 Å². The number of nitrogens with two attached hydrogens (primary N) is 1. The zero-order valence-corrected chi connectivity index (χ0v) is 11.4. The van der Waals surface area contributed by atoms with Crippen molar-refractivity contribution in [1.29, 1.82) is 5.26 Å². The molecule has 1 aliphatic rings. The molecule has 0 bridgehead atoms. The van der Waals surface area contributed by atoms with Gasteiger partial charge < -0.3 is 10.5 Å². The van der Waals surface area contributed by atoms with Crippen LogP contribution in [0, 0.1) is 11.3 Å². The minimum atomic E-state index is 0.190. The van der Waals surface area contributed by atoms with Crippen LogP contribution < -0.4 is 10.5 Å². The molecule has 2 N–H and O–H groups in total. The van der Waals surface area contributed by atoms with Crippen LogP contribution in [0.5, 0.6) is 5.75 Å². The van der Waals surface area contributed by atoms with Crippen molar-refractivity contribution in [3.63, 3.8) is 0 Å². The molecule has 2 aromatic rings. The van der Waals surface area contributed by atoms with Gasteiger partial charge >= 0.3 is 0 Å². The van der Waals surface area contributed by atoms with E-state index in [0.717, 1.165) is 42.2 Å². The Morgan fingerprint density at radius 1 is 1.10 bits per heavy atom. The van der Waals surface area contributed by atoms with Crippen LogP contribution in [0.3, 0.4) is 0 Å². The van der Waals surface area contributed by atoms with Gasteiger partial charge in [-0.25, -0.2) is 0 Å². The van der Waals surface area contributed by atoms with E-state index in [1.807, 2.05) is 36.4 Å². The molecule has 0 amide bonds. The Bertz CT molecular complexity index is 660. The highest BCUT2D eigenvalue weighted by Gasteiger charge is 2.21. The molecule has 0 aliphatic heterocycles. The molecule has 3 rings (SSSR count). The summed E-state index contributed by atoms with van der Waals surface area (Å²) in [6.07, 6.45) is 4.37. The second-order valence-corrected chi connectivity index (χ2v) is 5.44. The zero-order chi connectivity index (χ0) is 13.9. The van der Waals surface area contributed by atoms with Crippen LogP contribution in [0.1, 0.15) is 31.2 Å². The predicted molar refractivity (Wildman–Crippen MR) is 79.5 cm³/mol. The molecule has 1 aliphatic carbocycles. The third-order valence-electron chi connectivity index (χ3n) is 3.96. The largest absolute Gasteiger partial charge is 0.490 e. The molecule has 1 saturated carbocycles. The number of rotatable bonds is 2.